The number of primary amides is 1. The Kier molecular flexibility index (Phi) is 6.42. The highest BCUT2D eigenvalue weighted by molar-refractivity contribution is 7.92. The second kappa shape index (κ2) is 8.36. The van der Waals surface area contributed by atoms with E-state index in [4.69, 9.17) is 5.73 Å². The summed E-state index contributed by atoms with van der Waals surface area (Å²) >= 11 is 0. The minimum absolute atomic E-state index is 0.0255. The lowest BCUT2D eigenvalue weighted by Gasteiger charge is -2.14. The average Bonchev–Trinajstić information content (AvgIpc) is 2.60. The maximum absolute atomic E-state index is 12.3. The number of nitrogens with two attached hydrogens (primary N) is 1. The van der Waals surface area contributed by atoms with Gasteiger partial charge in [0.1, 0.15) is 0 Å². The zero-order chi connectivity index (χ0) is 19.3. The van der Waals surface area contributed by atoms with E-state index >= 15 is 0 Å². The Bertz CT molecular complexity index is 842. The molecule has 0 aromatic heterocycles. The Hall–Kier alpha value is -2.34. The second-order valence-corrected chi connectivity index (χ2v) is 8.72. The number of amides is 1. The zero-order valence-electron chi connectivity index (χ0n) is 15.4. The van der Waals surface area contributed by atoms with Crippen LogP contribution in [0.5, 0.6) is 0 Å². The summed E-state index contributed by atoms with van der Waals surface area (Å²) < 4.78 is 27.3. The smallest absolute Gasteiger partial charge is 0.248 e. The van der Waals surface area contributed by atoms with Gasteiger partial charge in [-0.2, -0.15) is 0 Å². The lowest BCUT2D eigenvalue weighted by atomic mass is 9.97. The van der Waals surface area contributed by atoms with Crippen LogP contribution < -0.4 is 10.5 Å². The standard InChI is InChI=1S/C20H26N2O3S/c1-14(2)16-8-10-19(11-9-16)22-26(24,25)13-12-15(3)17-4-6-18(7-5-17)20(21)23/h4-11,14-15,22H,12-13H2,1-3H3,(H2,21,23). The number of rotatable bonds is 8. The summed E-state index contributed by atoms with van der Waals surface area (Å²) in [6.45, 7) is 6.15. The molecule has 1 amide bonds. The van der Waals surface area contributed by atoms with Crippen LogP contribution in [0, 0.1) is 0 Å². The summed E-state index contributed by atoms with van der Waals surface area (Å²) in [6.07, 6.45) is 0.481. The van der Waals surface area contributed by atoms with E-state index < -0.39 is 15.9 Å². The van der Waals surface area contributed by atoms with E-state index in [-0.39, 0.29) is 11.7 Å². The monoisotopic (exact) mass is 374 g/mol. The minimum atomic E-state index is -3.42. The Labute approximate surface area is 155 Å². The van der Waals surface area contributed by atoms with Gasteiger partial charge in [-0.3, -0.25) is 9.52 Å². The fraction of sp³-hybridized carbons (Fsp3) is 0.350. The molecule has 0 fully saturated rings. The molecular weight excluding hydrogens is 348 g/mol. The van der Waals surface area contributed by atoms with Gasteiger partial charge in [0.05, 0.1) is 5.75 Å². The molecule has 0 radical (unpaired) electrons. The molecule has 0 bridgehead atoms. The molecule has 140 valence electrons. The summed E-state index contributed by atoms with van der Waals surface area (Å²) in [5.41, 5.74) is 8.40. The molecule has 2 aromatic carbocycles. The van der Waals surface area contributed by atoms with Gasteiger partial charge in [-0.1, -0.05) is 45.0 Å². The zero-order valence-corrected chi connectivity index (χ0v) is 16.2. The van der Waals surface area contributed by atoms with Crippen LogP contribution >= 0.6 is 0 Å². The van der Waals surface area contributed by atoms with Crippen molar-refractivity contribution in [3.05, 3.63) is 65.2 Å². The van der Waals surface area contributed by atoms with Gasteiger partial charge in [0.25, 0.3) is 0 Å². The van der Waals surface area contributed by atoms with E-state index in [9.17, 15) is 13.2 Å². The molecule has 6 heteroatoms. The average molecular weight is 375 g/mol. The van der Waals surface area contributed by atoms with Gasteiger partial charge < -0.3 is 5.73 Å². The molecule has 0 saturated carbocycles. The third kappa shape index (κ3) is 5.59. The third-order valence-corrected chi connectivity index (χ3v) is 5.75. The maximum atomic E-state index is 12.3. The number of anilines is 1. The van der Waals surface area contributed by atoms with Crippen LogP contribution in [0.15, 0.2) is 48.5 Å². The quantitative estimate of drug-likeness (QED) is 0.735. The van der Waals surface area contributed by atoms with Crippen molar-refractivity contribution in [1.29, 1.82) is 0 Å². The van der Waals surface area contributed by atoms with Crippen LogP contribution in [0.3, 0.4) is 0 Å². The van der Waals surface area contributed by atoms with Gasteiger partial charge >= 0.3 is 0 Å². The lowest BCUT2D eigenvalue weighted by Crippen LogP contribution is -2.18. The molecule has 26 heavy (non-hydrogen) atoms. The molecule has 0 aliphatic heterocycles. The summed E-state index contributed by atoms with van der Waals surface area (Å²) in [7, 11) is -3.42. The molecule has 0 aliphatic rings. The Morgan fingerprint density at radius 2 is 1.50 bits per heavy atom. The number of nitrogens with one attached hydrogen (secondary N) is 1. The van der Waals surface area contributed by atoms with E-state index in [1.165, 1.54) is 5.56 Å². The Morgan fingerprint density at radius 1 is 0.962 bits per heavy atom. The molecule has 1 unspecified atom stereocenters. The maximum Gasteiger partial charge on any atom is 0.248 e. The number of benzene rings is 2. The highest BCUT2D eigenvalue weighted by Gasteiger charge is 2.15. The van der Waals surface area contributed by atoms with Crippen LogP contribution in [0.25, 0.3) is 0 Å². The molecule has 0 aliphatic carbocycles. The molecule has 2 aromatic rings. The molecule has 1 atom stereocenters. The highest BCUT2D eigenvalue weighted by atomic mass is 32.2. The fourth-order valence-corrected chi connectivity index (χ4v) is 3.90. The van der Waals surface area contributed by atoms with Gasteiger partial charge in [-0.15, -0.1) is 0 Å². The SMILES string of the molecule is CC(C)c1ccc(NS(=O)(=O)CCC(C)c2ccc(C(N)=O)cc2)cc1. The number of sulfonamides is 1. The second-order valence-electron chi connectivity index (χ2n) is 6.87. The normalized spacial score (nSPS) is 12.8. The van der Waals surface area contributed by atoms with Crippen molar-refractivity contribution in [2.24, 2.45) is 5.73 Å². The van der Waals surface area contributed by atoms with Gasteiger partial charge in [0, 0.05) is 11.3 Å². The third-order valence-electron chi connectivity index (χ3n) is 4.43. The molecule has 3 N–H and O–H groups in total. The van der Waals surface area contributed by atoms with Crippen LogP contribution in [0.2, 0.25) is 0 Å². The van der Waals surface area contributed by atoms with E-state index in [2.05, 4.69) is 18.6 Å². The van der Waals surface area contributed by atoms with Crippen LogP contribution in [-0.4, -0.2) is 20.1 Å². The van der Waals surface area contributed by atoms with Crippen LogP contribution in [0.1, 0.15) is 60.5 Å². The van der Waals surface area contributed by atoms with Crippen molar-refractivity contribution >= 4 is 21.6 Å². The predicted molar refractivity (Wildman–Crippen MR) is 106 cm³/mol. The molecular formula is C20H26N2O3S. The largest absolute Gasteiger partial charge is 0.366 e. The predicted octanol–water partition coefficient (Wildman–Crippen LogP) is 3.84. The minimum Gasteiger partial charge on any atom is -0.366 e. The first kappa shape index (κ1) is 20.0. The van der Waals surface area contributed by atoms with Crippen molar-refractivity contribution < 1.29 is 13.2 Å². The van der Waals surface area contributed by atoms with Crippen molar-refractivity contribution in [2.45, 2.75) is 39.0 Å². The van der Waals surface area contributed by atoms with Crippen molar-refractivity contribution in [3.8, 4) is 0 Å². The molecule has 2 rings (SSSR count). The lowest BCUT2D eigenvalue weighted by molar-refractivity contribution is 0.1000. The first-order valence-corrected chi connectivity index (χ1v) is 10.3. The summed E-state index contributed by atoms with van der Waals surface area (Å²) in [4.78, 5) is 11.1. The molecule has 0 spiro atoms. The first-order chi connectivity index (χ1) is 12.2. The number of carbonyl (C=O) groups excluding carboxylic acids is 1. The van der Waals surface area contributed by atoms with Crippen molar-refractivity contribution in [1.82, 2.24) is 0 Å². The van der Waals surface area contributed by atoms with Crippen molar-refractivity contribution in [3.63, 3.8) is 0 Å². The fourth-order valence-electron chi connectivity index (χ4n) is 2.64. The van der Waals surface area contributed by atoms with Crippen LogP contribution in [0.4, 0.5) is 5.69 Å². The van der Waals surface area contributed by atoms with E-state index in [1.54, 1.807) is 24.3 Å². The summed E-state index contributed by atoms with van der Waals surface area (Å²) in [5, 5.41) is 0. The topological polar surface area (TPSA) is 89.3 Å². The molecule has 0 heterocycles. The number of carbonyl (C=O) groups is 1. The molecule has 0 saturated heterocycles. The summed E-state index contributed by atoms with van der Waals surface area (Å²) in [6, 6.07) is 14.4. The van der Waals surface area contributed by atoms with Gasteiger partial charge in [0.15, 0.2) is 0 Å². The van der Waals surface area contributed by atoms with Gasteiger partial charge in [-0.25, -0.2) is 8.42 Å². The Morgan fingerprint density at radius 3 is 2.00 bits per heavy atom. The number of hydrogen-bond donors (Lipinski definition) is 2. The van der Waals surface area contributed by atoms with Gasteiger partial charge in [0.2, 0.25) is 15.9 Å². The first-order valence-electron chi connectivity index (χ1n) is 8.68. The van der Waals surface area contributed by atoms with E-state index in [0.717, 1.165) is 5.56 Å². The number of hydrogen-bond acceptors (Lipinski definition) is 3. The molecule has 5 nitrogen and oxygen atoms in total. The van der Waals surface area contributed by atoms with E-state index in [1.807, 2.05) is 31.2 Å². The van der Waals surface area contributed by atoms with Crippen LogP contribution in [-0.2, 0) is 10.0 Å². The summed E-state index contributed by atoms with van der Waals surface area (Å²) in [5.74, 6) is 0.0104. The van der Waals surface area contributed by atoms with Crippen molar-refractivity contribution in [2.75, 3.05) is 10.5 Å². The highest BCUT2D eigenvalue weighted by Crippen LogP contribution is 2.22. The Balaban J connectivity index is 1.95. The van der Waals surface area contributed by atoms with Gasteiger partial charge in [-0.05, 0) is 53.6 Å². The van der Waals surface area contributed by atoms with E-state index in [0.29, 0.717) is 23.6 Å².